The summed E-state index contributed by atoms with van der Waals surface area (Å²) in [6.45, 7) is 6.64. The van der Waals surface area contributed by atoms with E-state index in [0.717, 1.165) is 18.7 Å². The van der Waals surface area contributed by atoms with Crippen molar-refractivity contribution in [3.63, 3.8) is 0 Å². The molecule has 0 aliphatic carbocycles. The number of rotatable bonds is 3. The first-order valence-corrected chi connectivity index (χ1v) is 6.66. The molecule has 0 aromatic heterocycles. The molecule has 106 valence electrons. The maximum atomic E-state index is 11.2. The number of piperazine rings is 1. The Morgan fingerprint density at radius 1 is 1.35 bits per heavy atom. The molecule has 20 heavy (non-hydrogen) atoms. The van der Waals surface area contributed by atoms with Crippen molar-refractivity contribution in [3.05, 3.63) is 33.9 Å². The van der Waals surface area contributed by atoms with Crippen molar-refractivity contribution >= 4 is 11.4 Å². The first-order chi connectivity index (χ1) is 9.52. The number of anilines is 1. The van der Waals surface area contributed by atoms with Crippen molar-refractivity contribution < 1.29 is 4.92 Å². The minimum absolute atomic E-state index is 0.106. The van der Waals surface area contributed by atoms with Crippen LogP contribution in [0.25, 0.3) is 0 Å². The van der Waals surface area contributed by atoms with E-state index >= 15 is 0 Å². The van der Waals surface area contributed by atoms with Crippen LogP contribution in [0, 0.1) is 28.4 Å². The zero-order valence-electron chi connectivity index (χ0n) is 11.7. The Morgan fingerprint density at radius 3 is 2.55 bits per heavy atom. The fraction of sp³-hybridized carbons (Fsp3) is 0.500. The number of hydrogen-bond acceptors (Lipinski definition) is 5. The first-order valence-electron chi connectivity index (χ1n) is 6.66. The van der Waals surface area contributed by atoms with Crippen LogP contribution in [-0.2, 0) is 0 Å². The molecule has 1 atom stereocenters. The highest BCUT2D eigenvalue weighted by Gasteiger charge is 2.25. The zero-order valence-corrected chi connectivity index (χ0v) is 11.7. The van der Waals surface area contributed by atoms with Crippen LogP contribution in [0.2, 0.25) is 0 Å². The average Bonchev–Trinajstić information content (AvgIpc) is 2.46. The van der Waals surface area contributed by atoms with E-state index in [2.05, 4.69) is 11.0 Å². The maximum Gasteiger partial charge on any atom is 0.292 e. The predicted molar refractivity (Wildman–Crippen MR) is 76.7 cm³/mol. The summed E-state index contributed by atoms with van der Waals surface area (Å²) in [7, 11) is 0. The van der Waals surface area contributed by atoms with Crippen LogP contribution in [0.1, 0.15) is 12.5 Å². The van der Waals surface area contributed by atoms with Gasteiger partial charge in [0, 0.05) is 32.2 Å². The number of aryl methyl sites for hydroxylation is 1. The number of nitriles is 1. The fourth-order valence-electron chi connectivity index (χ4n) is 2.48. The van der Waals surface area contributed by atoms with Gasteiger partial charge in [-0.1, -0.05) is 6.07 Å². The summed E-state index contributed by atoms with van der Waals surface area (Å²) in [5.74, 6) is 0. The Hall–Kier alpha value is -2.13. The van der Waals surface area contributed by atoms with E-state index in [-0.39, 0.29) is 16.7 Å². The number of nitrogens with zero attached hydrogens (tertiary/aromatic N) is 4. The molecular weight excluding hydrogens is 256 g/mol. The highest BCUT2D eigenvalue weighted by molar-refractivity contribution is 5.64. The van der Waals surface area contributed by atoms with Crippen molar-refractivity contribution in [2.24, 2.45) is 0 Å². The molecule has 1 aromatic carbocycles. The van der Waals surface area contributed by atoms with Gasteiger partial charge >= 0.3 is 0 Å². The van der Waals surface area contributed by atoms with Crippen LogP contribution in [-0.4, -0.2) is 42.0 Å². The normalized spacial score (nSPS) is 17.6. The van der Waals surface area contributed by atoms with Crippen molar-refractivity contribution in [2.45, 2.75) is 19.9 Å². The number of hydrogen-bond donors (Lipinski definition) is 0. The number of nitro groups is 1. The lowest BCUT2D eigenvalue weighted by Gasteiger charge is -2.36. The number of nitro benzene ring substituents is 1. The molecule has 1 unspecified atom stereocenters. The molecule has 0 amide bonds. The summed E-state index contributed by atoms with van der Waals surface area (Å²) in [6.07, 6.45) is 0. The third kappa shape index (κ3) is 2.89. The van der Waals surface area contributed by atoms with Gasteiger partial charge in [-0.3, -0.25) is 15.0 Å². The van der Waals surface area contributed by atoms with Crippen molar-refractivity contribution in [1.82, 2.24) is 4.90 Å². The second-order valence-electron chi connectivity index (χ2n) is 5.08. The van der Waals surface area contributed by atoms with Gasteiger partial charge < -0.3 is 4.90 Å². The molecular formula is C14H18N4O2. The second kappa shape index (κ2) is 5.88. The van der Waals surface area contributed by atoms with E-state index in [4.69, 9.17) is 5.26 Å². The van der Waals surface area contributed by atoms with Crippen LogP contribution < -0.4 is 4.90 Å². The summed E-state index contributed by atoms with van der Waals surface area (Å²) in [6, 6.07) is 7.44. The molecule has 1 saturated heterocycles. The maximum absolute atomic E-state index is 11.2. The van der Waals surface area contributed by atoms with Crippen LogP contribution in [0.5, 0.6) is 0 Å². The predicted octanol–water partition coefficient (Wildman–Crippen LogP) is 1.94. The Bertz CT molecular complexity index is 545. The molecule has 0 saturated carbocycles. The van der Waals surface area contributed by atoms with Crippen LogP contribution in [0.3, 0.4) is 0 Å². The van der Waals surface area contributed by atoms with Crippen molar-refractivity contribution in [2.75, 3.05) is 31.1 Å². The van der Waals surface area contributed by atoms with Gasteiger partial charge in [-0.15, -0.1) is 0 Å². The Labute approximate surface area is 118 Å². The monoisotopic (exact) mass is 274 g/mol. The lowest BCUT2D eigenvalue weighted by Crippen LogP contribution is -2.49. The van der Waals surface area contributed by atoms with Gasteiger partial charge in [0.25, 0.3) is 5.69 Å². The van der Waals surface area contributed by atoms with E-state index < -0.39 is 0 Å². The van der Waals surface area contributed by atoms with Gasteiger partial charge in [0.2, 0.25) is 0 Å². The molecule has 0 spiro atoms. The summed E-state index contributed by atoms with van der Waals surface area (Å²) in [5.41, 5.74) is 1.72. The van der Waals surface area contributed by atoms with Crippen LogP contribution in [0.15, 0.2) is 18.2 Å². The molecule has 0 N–H and O–H groups in total. The topological polar surface area (TPSA) is 73.4 Å². The second-order valence-corrected chi connectivity index (χ2v) is 5.08. The zero-order chi connectivity index (χ0) is 14.7. The SMILES string of the molecule is Cc1ccc(N2CCN(C(C)C#N)CC2)c([N+](=O)[O-])c1. The molecule has 6 heteroatoms. The van der Waals surface area contributed by atoms with E-state index in [9.17, 15) is 10.1 Å². The lowest BCUT2D eigenvalue weighted by molar-refractivity contribution is -0.384. The summed E-state index contributed by atoms with van der Waals surface area (Å²) in [5, 5.41) is 20.1. The standard InChI is InChI=1S/C14H18N4O2/c1-11-3-4-13(14(9-11)18(19)20)17-7-5-16(6-8-17)12(2)10-15/h3-4,9,12H,5-8H2,1-2H3. The molecule has 1 aliphatic rings. The van der Waals surface area contributed by atoms with Crippen LogP contribution in [0.4, 0.5) is 11.4 Å². The van der Waals surface area contributed by atoms with Gasteiger partial charge in [0.15, 0.2) is 0 Å². The van der Waals surface area contributed by atoms with Crippen molar-refractivity contribution in [3.8, 4) is 6.07 Å². The fourth-order valence-corrected chi connectivity index (χ4v) is 2.48. The quantitative estimate of drug-likeness (QED) is 0.622. The van der Waals surface area contributed by atoms with Gasteiger partial charge in [-0.25, -0.2) is 0 Å². The molecule has 2 rings (SSSR count). The van der Waals surface area contributed by atoms with Gasteiger partial charge in [0.1, 0.15) is 5.69 Å². The molecule has 0 bridgehead atoms. The molecule has 1 fully saturated rings. The first kappa shape index (κ1) is 14.3. The van der Waals surface area contributed by atoms with Gasteiger partial charge in [-0.2, -0.15) is 5.26 Å². The number of benzene rings is 1. The highest BCUT2D eigenvalue weighted by Crippen LogP contribution is 2.29. The van der Waals surface area contributed by atoms with Gasteiger partial charge in [-0.05, 0) is 25.5 Å². The van der Waals surface area contributed by atoms with Crippen LogP contribution >= 0.6 is 0 Å². The van der Waals surface area contributed by atoms with E-state index in [1.165, 1.54) is 0 Å². The third-order valence-corrected chi connectivity index (χ3v) is 3.72. The summed E-state index contributed by atoms with van der Waals surface area (Å²) in [4.78, 5) is 15.0. The van der Waals surface area contributed by atoms with Crippen molar-refractivity contribution in [1.29, 1.82) is 5.26 Å². The minimum Gasteiger partial charge on any atom is -0.363 e. The lowest BCUT2D eigenvalue weighted by atomic mass is 10.1. The van der Waals surface area contributed by atoms with E-state index in [1.54, 1.807) is 6.07 Å². The smallest absolute Gasteiger partial charge is 0.292 e. The Morgan fingerprint density at radius 2 is 2.00 bits per heavy atom. The molecule has 1 heterocycles. The van der Waals surface area contributed by atoms with E-state index in [1.807, 2.05) is 30.9 Å². The summed E-state index contributed by atoms with van der Waals surface area (Å²) < 4.78 is 0. The Kier molecular flexibility index (Phi) is 4.20. The average molecular weight is 274 g/mol. The van der Waals surface area contributed by atoms with E-state index in [0.29, 0.717) is 18.8 Å². The molecule has 1 aromatic rings. The van der Waals surface area contributed by atoms with Gasteiger partial charge in [0.05, 0.1) is 17.0 Å². The third-order valence-electron chi connectivity index (χ3n) is 3.72. The Balaban J connectivity index is 2.15. The summed E-state index contributed by atoms with van der Waals surface area (Å²) >= 11 is 0. The molecule has 0 radical (unpaired) electrons. The minimum atomic E-state index is -0.327. The molecule has 6 nitrogen and oxygen atoms in total. The largest absolute Gasteiger partial charge is 0.363 e. The molecule has 1 aliphatic heterocycles. The highest BCUT2D eigenvalue weighted by atomic mass is 16.6.